The van der Waals surface area contributed by atoms with Crippen LogP contribution in [-0.2, 0) is 22.6 Å². The van der Waals surface area contributed by atoms with Crippen molar-refractivity contribution >= 4 is 78.5 Å². The van der Waals surface area contributed by atoms with E-state index in [4.69, 9.17) is 30.9 Å². The summed E-state index contributed by atoms with van der Waals surface area (Å²) in [5, 5.41) is 3.83. The van der Waals surface area contributed by atoms with Crippen LogP contribution in [0.1, 0.15) is 11.1 Å². The zero-order valence-corrected chi connectivity index (χ0v) is 26.4. The summed E-state index contributed by atoms with van der Waals surface area (Å²) in [5.74, 6) is 0. The molecule has 0 saturated heterocycles. The van der Waals surface area contributed by atoms with Gasteiger partial charge in [0.15, 0.2) is 0 Å². The van der Waals surface area contributed by atoms with Gasteiger partial charge in [0.25, 0.3) is 0 Å². The van der Waals surface area contributed by atoms with Crippen LogP contribution in [0.3, 0.4) is 0 Å². The average molecular weight is 637 g/mol. The van der Waals surface area contributed by atoms with Crippen LogP contribution in [0.4, 0.5) is 32.3 Å². The van der Waals surface area contributed by atoms with Crippen molar-refractivity contribution < 1.29 is 19.1 Å². The van der Waals surface area contributed by atoms with Crippen LogP contribution < -0.4 is 21.3 Å². The number of aromatic nitrogens is 2. The van der Waals surface area contributed by atoms with E-state index in [9.17, 15) is 9.59 Å². The highest BCUT2D eigenvalue weighted by atomic mass is 16.5. The molecule has 7 rings (SSSR count). The smallest absolute Gasteiger partial charge is 0.414 e. The van der Waals surface area contributed by atoms with Crippen LogP contribution in [0.5, 0.6) is 0 Å². The molecular weight excluding hydrogens is 604 g/mol. The zero-order valence-electron chi connectivity index (χ0n) is 26.4. The van der Waals surface area contributed by atoms with E-state index in [0.29, 0.717) is 22.7 Å². The van der Waals surface area contributed by atoms with Crippen LogP contribution >= 0.6 is 0 Å². The number of carbonyl (C=O) groups excluding carboxylic acids is 2. The lowest BCUT2D eigenvalue weighted by Gasteiger charge is -2.24. The molecule has 48 heavy (non-hydrogen) atoms. The average Bonchev–Trinajstić information content (AvgIpc) is 3.10. The van der Waals surface area contributed by atoms with Gasteiger partial charge in [-0.1, -0.05) is 48.5 Å². The lowest BCUT2D eigenvalue weighted by atomic mass is 10.1. The molecule has 0 aliphatic rings. The second kappa shape index (κ2) is 12.4. The van der Waals surface area contributed by atoms with Crippen LogP contribution in [0, 0.1) is 0 Å². The summed E-state index contributed by atoms with van der Waals surface area (Å²) in [5.41, 5.74) is 19.2. The van der Waals surface area contributed by atoms with Crippen molar-refractivity contribution in [2.24, 2.45) is 0 Å². The standard InChI is InChI=1S/C38H32N6O4/c1-47-37(45)43(31-12-8-27-15-25-6-10-29(39)17-33(25)41-35(27)19-31)21-23-4-3-5-24(14-23)22-44(38(46)48-2)32-13-9-28-16-26-7-11-30(40)18-34(26)42-36(28)20-32/h3-20H,21-22,39-40H2,1-2H3. The number of hydrogen-bond acceptors (Lipinski definition) is 8. The van der Waals surface area contributed by atoms with Crippen molar-refractivity contribution in [2.45, 2.75) is 13.1 Å². The van der Waals surface area contributed by atoms with Gasteiger partial charge < -0.3 is 20.9 Å². The summed E-state index contributed by atoms with van der Waals surface area (Å²) < 4.78 is 10.3. The Hall–Kier alpha value is -6.42. The van der Waals surface area contributed by atoms with Gasteiger partial charge in [0.2, 0.25) is 0 Å². The molecule has 0 aliphatic carbocycles. The molecule has 4 N–H and O–H groups in total. The van der Waals surface area contributed by atoms with E-state index >= 15 is 0 Å². The Morgan fingerprint density at radius 2 is 0.938 bits per heavy atom. The molecule has 5 aromatic carbocycles. The number of nitrogens with two attached hydrogens (primary N) is 2. The number of nitrogen functional groups attached to an aromatic ring is 2. The third-order valence-electron chi connectivity index (χ3n) is 8.33. The zero-order chi connectivity index (χ0) is 33.4. The van der Waals surface area contributed by atoms with E-state index < -0.39 is 12.2 Å². The first-order valence-corrected chi connectivity index (χ1v) is 15.3. The molecular formula is C38H32N6O4. The molecule has 0 saturated carbocycles. The minimum atomic E-state index is -0.515. The molecule has 0 radical (unpaired) electrons. The first-order valence-electron chi connectivity index (χ1n) is 15.3. The molecule has 0 unspecified atom stereocenters. The number of carbonyl (C=O) groups is 2. The maximum absolute atomic E-state index is 13.1. The van der Waals surface area contributed by atoms with Crippen molar-refractivity contribution in [2.75, 3.05) is 35.5 Å². The highest BCUT2D eigenvalue weighted by Crippen LogP contribution is 2.29. The second-order valence-electron chi connectivity index (χ2n) is 11.6. The van der Waals surface area contributed by atoms with Gasteiger partial charge in [-0.25, -0.2) is 19.6 Å². The number of rotatable bonds is 6. The first-order chi connectivity index (χ1) is 23.3. The van der Waals surface area contributed by atoms with Gasteiger partial charge in [0.1, 0.15) is 0 Å². The maximum atomic E-state index is 13.1. The minimum Gasteiger partial charge on any atom is -0.452 e. The van der Waals surface area contributed by atoms with Gasteiger partial charge in [-0.15, -0.1) is 0 Å². The Morgan fingerprint density at radius 3 is 1.35 bits per heavy atom. The van der Waals surface area contributed by atoms with Gasteiger partial charge in [-0.3, -0.25) is 9.80 Å². The highest BCUT2D eigenvalue weighted by Gasteiger charge is 2.21. The Balaban J connectivity index is 1.18. The van der Waals surface area contributed by atoms with E-state index in [2.05, 4.69) is 0 Å². The van der Waals surface area contributed by atoms with E-state index in [1.165, 1.54) is 14.2 Å². The van der Waals surface area contributed by atoms with Crippen molar-refractivity contribution in [1.82, 2.24) is 9.97 Å². The lowest BCUT2D eigenvalue weighted by molar-refractivity contribution is 0.177. The number of nitrogens with zero attached hydrogens (tertiary/aromatic N) is 4. The molecule has 0 fully saturated rings. The van der Waals surface area contributed by atoms with Gasteiger partial charge in [-0.2, -0.15) is 0 Å². The fourth-order valence-corrected chi connectivity index (χ4v) is 5.93. The summed E-state index contributed by atoms with van der Waals surface area (Å²) in [6.45, 7) is 0.446. The molecule has 238 valence electrons. The third-order valence-corrected chi connectivity index (χ3v) is 8.33. The van der Waals surface area contributed by atoms with Crippen LogP contribution in [0.2, 0.25) is 0 Å². The predicted molar refractivity (Wildman–Crippen MR) is 191 cm³/mol. The van der Waals surface area contributed by atoms with Gasteiger partial charge in [-0.05, 0) is 71.8 Å². The third kappa shape index (κ3) is 5.94. The number of pyridine rings is 2. The lowest BCUT2D eigenvalue weighted by Crippen LogP contribution is -2.31. The molecule has 2 amide bonds. The number of amides is 2. The number of methoxy groups -OCH3 is 2. The van der Waals surface area contributed by atoms with Crippen molar-refractivity contribution in [3.63, 3.8) is 0 Å². The maximum Gasteiger partial charge on any atom is 0.414 e. The summed E-state index contributed by atoms with van der Waals surface area (Å²) in [4.78, 5) is 38.8. The number of hydrogen-bond donors (Lipinski definition) is 2. The molecule has 2 heterocycles. The molecule has 10 heteroatoms. The Kier molecular flexibility index (Phi) is 7.82. The Morgan fingerprint density at radius 1 is 0.542 bits per heavy atom. The highest BCUT2D eigenvalue weighted by molar-refractivity contribution is 5.98. The van der Waals surface area contributed by atoms with Crippen LogP contribution in [-0.4, -0.2) is 36.4 Å². The fraction of sp³-hybridized carbons (Fsp3) is 0.105. The fourth-order valence-electron chi connectivity index (χ4n) is 5.93. The summed E-state index contributed by atoms with van der Waals surface area (Å²) >= 11 is 0. The largest absolute Gasteiger partial charge is 0.452 e. The quantitative estimate of drug-likeness (QED) is 0.139. The van der Waals surface area contributed by atoms with Gasteiger partial charge in [0, 0.05) is 44.3 Å². The Bertz CT molecular complexity index is 2210. The number of fused-ring (bicyclic) bond motifs is 4. The Labute approximate surface area is 276 Å². The van der Waals surface area contributed by atoms with Crippen molar-refractivity contribution in [1.29, 1.82) is 0 Å². The van der Waals surface area contributed by atoms with Crippen LogP contribution in [0.15, 0.2) is 109 Å². The topological polar surface area (TPSA) is 137 Å². The summed E-state index contributed by atoms with van der Waals surface area (Å²) in [6, 6.07) is 34.4. The minimum absolute atomic E-state index is 0.223. The van der Waals surface area contributed by atoms with E-state index in [0.717, 1.165) is 54.7 Å². The second-order valence-corrected chi connectivity index (χ2v) is 11.6. The van der Waals surface area contributed by atoms with E-state index in [1.807, 2.05) is 109 Å². The molecule has 2 aromatic heterocycles. The number of anilines is 4. The molecule has 0 atom stereocenters. The summed E-state index contributed by atoms with van der Waals surface area (Å²) in [7, 11) is 2.71. The van der Waals surface area contributed by atoms with Crippen LogP contribution in [0.25, 0.3) is 43.6 Å². The first kappa shape index (κ1) is 30.2. The molecule has 0 bridgehead atoms. The van der Waals surface area contributed by atoms with E-state index in [1.54, 1.807) is 9.80 Å². The summed E-state index contributed by atoms with van der Waals surface area (Å²) in [6.07, 6.45) is -1.03. The normalized spacial score (nSPS) is 11.2. The SMILES string of the molecule is COC(=O)N(Cc1cccc(CN(C(=O)OC)c2ccc3cc4ccc(N)cc4nc3c2)c1)c1ccc2cc3ccc(N)cc3nc2c1. The number of ether oxygens (including phenoxy) is 2. The molecule has 0 spiro atoms. The van der Waals surface area contributed by atoms with Gasteiger partial charge >= 0.3 is 12.2 Å². The van der Waals surface area contributed by atoms with E-state index in [-0.39, 0.29) is 13.1 Å². The van der Waals surface area contributed by atoms with Crippen molar-refractivity contribution in [3.8, 4) is 0 Å². The molecule has 0 aliphatic heterocycles. The number of benzene rings is 5. The molecule has 10 nitrogen and oxygen atoms in total. The molecule has 7 aromatic rings. The van der Waals surface area contributed by atoms with Crippen molar-refractivity contribution in [3.05, 3.63) is 120 Å². The predicted octanol–water partition coefficient (Wildman–Crippen LogP) is 7.80. The van der Waals surface area contributed by atoms with Gasteiger partial charge in [0.05, 0.1) is 49.4 Å². The monoisotopic (exact) mass is 636 g/mol.